The van der Waals surface area contributed by atoms with Gasteiger partial charge in [0.15, 0.2) is 4.80 Å². The first-order chi connectivity index (χ1) is 17.2. The number of ether oxygens (including phenoxy) is 1. The van der Waals surface area contributed by atoms with Crippen molar-refractivity contribution < 1.29 is 22.7 Å². The highest BCUT2D eigenvalue weighted by Crippen LogP contribution is 2.21. The predicted octanol–water partition coefficient (Wildman–Crippen LogP) is 4.87. The van der Waals surface area contributed by atoms with E-state index in [0.29, 0.717) is 27.6 Å². The Morgan fingerprint density at radius 2 is 1.75 bits per heavy atom. The Bertz CT molecular complexity index is 1640. The first-order valence-corrected chi connectivity index (χ1v) is 13.2. The van der Waals surface area contributed by atoms with Gasteiger partial charge in [-0.3, -0.25) is 9.52 Å². The summed E-state index contributed by atoms with van der Waals surface area (Å²) >= 11 is 7.08. The van der Waals surface area contributed by atoms with Crippen molar-refractivity contribution in [3.05, 3.63) is 100 Å². The van der Waals surface area contributed by atoms with Crippen molar-refractivity contribution >= 4 is 60.7 Å². The smallest absolute Gasteiger partial charge is 0.337 e. The molecule has 4 rings (SSSR count). The third-order valence-electron chi connectivity index (χ3n) is 5.12. The molecule has 3 aromatic carbocycles. The van der Waals surface area contributed by atoms with E-state index in [1.54, 1.807) is 24.3 Å². The number of amides is 1. The molecule has 1 aromatic heterocycles. The maximum Gasteiger partial charge on any atom is 0.337 e. The van der Waals surface area contributed by atoms with Gasteiger partial charge in [-0.25, -0.2) is 13.2 Å². The molecule has 1 heterocycles. The van der Waals surface area contributed by atoms with Crippen LogP contribution in [0.15, 0.2) is 89.3 Å². The van der Waals surface area contributed by atoms with Crippen molar-refractivity contribution in [3.8, 4) is 0 Å². The van der Waals surface area contributed by atoms with Gasteiger partial charge >= 0.3 is 5.97 Å². The molecule has 8 nitrogen and oxygen atoms in total. The third kappa shape index (κ3) is 5.40. The number of thiazole rings is 1. The largest absolute Gasteiger partial charge is 0.465 e. The number of methoxy groups -OCH3 is 1. The van der Waals surface area contributed by atoms with E-state index in [-0.39, 0.29) is 10.5 Å². The van der Waals surface area contributed by atoms with Gasteiger partial charge in [0.1, 0.15) is 0 Å². The van der Waals surface area contributed by atoms with Gasteiger partial charge in [-0.05, 0) is 66.7 Å². The SMILES string of the molecule is C=CCn1c(=NC(=O)c2ccc(NS(=O)(=O)c3ccc(Cl)cc3)cc2)sc2cc(C(=O)OC)ccc21. The molecule has 0 unspecified atom stereocenters. The average Bonchev–Trinajstić information content (AvgIpc) is 3.20. The molecule has 36 heavy (non-hydrogen) atoms. The molecule has 0 aliphatic rings. The molecule has 4 aromatic rings. The summed E-state index contributed by atoms with van der Waals surface area (Å²) in [4.78, 5) is 29.5. The Labute approximate surface area is 216 Å². The molecule has 184 valence electrons. The molecule has 0 aliphatic heterocycles. The number of hydrogen-bond donors (Lipinski definition) is 1. The Kier molecular flexibility index (Phi) is 7.39. The van der Waals surface area contributed by atoms with E-state index in [1.807, 2.05) is 4.57 Å². The summed E-state index contributed by atoms with van der Waals surface area (Å²) < 4.78 is 35.0. The number of hydrogen-bond acceptors (Lipinski definition) is 6. The lowest BCUT2D eigenvalue weighted by atomic mass is 10.2. The van der Waals surface area contributed by atoms with Crippen LogP contribution in [0.3, 0.4) is 0 Å². The van der Waals surface area contributed by atoms with Crippen LogP contribution in [0.1, 0.15) is 20.7 Å². The number of anilines is 1. The van der Waals surface area contributed by atoms with Crippen molar-refractivity contribution in [3.63, 3.8) is 0 Å². The zero-order chi connectivity index (χ0) is 25.9. The quantitative estimate of drug-likeness (QED) is 0.265. The summed E-state index contributed by atoms with van der Waals surface area (Å²) in [7, 11) is -2.50. The number of carbonyl (C=O) groups excluding carboxylic acids is 2. The van der Waals surface area contributed by atoms with Gasteiger partial charge in [-0.15, -0.1) is 6.58 Å². The Morgan fingerprint density at radius 1 is 1.08 bits per heavy atom. The standard InChI is InChI=1S/C25H20ClN3O5S2/c1-3-14-29-21-13-6-17(24(31)34-2)15-22(21)35-25(29)27-23(30)16-4-9-19(10-5-16)28-36(32,33)20-11-7-18(26)8-12-20/h3-13,15,28H,1,14H2,2H3. The van der Waals surface area contributed by atoms with Crippen LogP contribution >= 0.6 is 22.9 Å². The zero-order valence-corrected chi connectivity index (χ0v) is 21.4. The second-order valence-corrected chi connectivity index (χ2v) is 10.6. The minimum atomic E-state index is -3.81. The number of aromatic nitrogens is 1. The monoisotopic (exact) mass is 541 g/mol. The van der Waals surface area contributed by atoms with E-state index in [4.69, 9.17) is 16.3 Å². The van der Waals surface area contributed by atoms with Gasteiger partial charge in [-0.2, -0.15) is 4.99 Å². The number of nitrogens with zero attached hydrogens (tertiary/aromatic N) is 2. The molecule has 1 N–H and O–H groups in total. The van der Waals surface area contributed by atoms with Crippen molar-refractivity contribution in [1.29, 1.82) is 0 Å². The minimum absolute atomic E-state index is 0.0638. The molecule has 0 bridgehead atoms. The van der Waals surface area contributed by atoms with E-state index in [1.165, 1.54) is 67.0 Å². The summed E-state index contributed by atoms with van der Waals surface area (Å²) in [5.74, 6) is -0.957. The van der Waals surface area contributed by atoms with E-state index in [9.17, 15) is 18.0 Å². The van der Waals surface area contributed by atoms with Crippen molar-refractivity contribution in [2.75, 3.05) is 11.8 Å². The van der Waals surface area contributed by atoms with Gasteiger partial charge in [0, 0.05) is 22.8 Å². The van der Waals surface area contributed by atoms with Gasteiger partial charge < -0.3 is 9.30 Å². The Balaban J connectivity index is 1.62. The first-order valence-electron chi connectivity index (χ1n) is 10.5. The summed E-state index contributed by atoms with van der Waals surface area (Å²) in [5.41, 5.74) is 1.76. The van der Waals surface area contributed by atoms with Gasteiger partial charge in [0.2, 0.25) is 0 Å². The fraction of sp³-hybridized carbons (Fsp3) is 0.0800. The maximum atomic E-state index is 12.9. The number of carbonyl (C=O) groups is 2. The lowest BCUT2D eigenvalue weighted by Gasteiger charge is -2.08. The molecule has 0 fully saturated rings. The topological polar surface area (TPSA) is 107 Å². The lowest BCUT2D eigenvalue weighted by molar-refractivity contribution is 0.0600. The van der Waals surface area contributed by atoms with Crippen LogP contribution in [-0.2, 0) is 21.3 Å². The number of benzene rings is 3. The van der Waals surface area contributed by atoms with Gasteiger partial charge in [0.25, 0.3) is 15.9 Å². The Morgan fingerprint density at radius 3 is 2.39 bits per heavy atom. The molecule has 0 atom stereocenters. The molecule has 0 saturated carbocycles. The normalized spacial score (nSPS) is 11.9. The van der Waals surface area contributed by atoms with Gasteiger partial charge in [-0.1, -0.05) is 29.0 Å². The van der Waals surface area contributed by atoms with Crippen LogP contribution in [0.5, 0.6) is 0 Å². The highest BCUT2D eigenvalue weighted by atomic mass is 35.5. The van der Waals surface area contributed by atoms with Crippen LogP contribution in [-0.4, -0.2) is 32.0 Å². The maximum absolute atomic E-state index is 12.9. The van der Waals surface area contributed by atoms with Crippen LogP contribution in [0, 0.1) is 0 Å². The molecule has 0 saturated heterocycles. The van der Waals surface area contributed by atoms with Crippen LogP contribution in [0.25, 0.3) is 10.2 Å². The molecular formula is C25H20ClN3O5S2. The predicted molar refractivity (Wildman–Crippen MR) is 140 cm³/mol. The molecule has 11 heteroatoms. The molecule has 0 radical (unpaired) electrons. The fourth-order valence-corrected chi connectivity index (χ4v) is 5.63. The number of sulfonamides is 1. The van der Waals surface area contributed by atoms with Crippen molar-refractivity contribution in [2.45, 2.75) is 11.4 Å². The fourth-order valence-electron chi connectivity index (χ4n) is 3.37. The Hall–Kier alpha value is -3.73. The number of halogens is 1. The molecule has 0 aliphatic carbocycles. The molecule has 1 amide bonds. The number of allylic oxidation sites excluding steroid dienone is 1. The van der Waals surface area contributed by atoms with Crippen molar-refractivity contribution in [1.82, 2.24) is 4.57 Å². The summed E-state index contributed by atoms with van der Waals surface area (Å²) in [6.07, 6.45) is 1.69. The summed E-state index contributed by atoms with van der Waals surface area (Å²) in [6.45, 7) is 4.18. The lowest BCUT2D eigenvalue weighted by Crippen LogP contribution is -2.16. The summed E-state index contributed by atoms with van der Waals surface area (Å²) in [5, 5.41) is 0.428. The second kappa shape index (κ2) is 10.5. The van der Waals surface area contributed by atoms with E-state index < -0.39 is 21.9 Å². The first kappa shape index (κ1) is 25.4. The van der Waals surface area contributed by atoms with Crippen LogP contribution in [0.2, 0.25) is 5.02 Å². The third-order valence-corrected chi connectivity index (χ3v) is 7.81. The number of rotatable bonds is 7. The molecular weight excluding hydrogens is 522 g/mol. The van der Waals surface area contributed by atoms with E-state index >= 15 is 0 Å². The van der Waals surface area contributed by atoms with E-state index in [2.05, 4.69) is 16.3 Å². The van der Waals surface area contributed by atoms with E-state index in [0.717, 1.165) is 10.2 Å². The number of esters is 1. The molecule has 0 spiro atoms. The highest BCUT2D eigenvalue weighted by molar-refractivity contribution is 7.92. The zero-order valence-electron chi connectivity index (χ0n) is 19.0. The highest BCUT2D eigenvalue weighted by Gasteiger charge is 2.15. The van der Waals surface area contributed by atoms with Gasteiger partial charge in [0.05, 0.1) is 27.8 Å². The van der Waals surface area contributed by atoms with Crippen molar-refractivity contribution in [2.24, 2.45) is 4.99 Å². The second-order valence-electron chi connectivity index (χ2n) is 7.51. The number of fused-ring (bicyclic) bond motifs is 1. The van der Waals surface area contributed by atoms with Crippen LogP contribution < -0.4 is 9.52 Å². The average molecular weight is 542 g/mol. The summed E-state index contributed by atoms with van der Waals surface area (Å²) in [6, 6.07) is 16.9. The number of nitrogens with one attached hydrogen (secondary N) is 1. The minimum Gasteiger partial charge on any atom is -0.465 e. The van der Waals surface area contributed by atoms with Crippen LogP contribution in [0.4, 0.5) is 5.69 Å².